The normalized spacial score (nSPS) is 15.2. The zero-order valence-corrected chi connectivity index (χ0v) is 10.3. The van der Waals surface area contributed by atoms with Gasteiger partial charge in [0.2, 0.25) is 15.9 Å². The molecule has 92 valence electrons. The van der Waals surface area contributed by atoms with Gasteiger partial charge in [0, 0.05) is 18.7 Å². The second kappa shape index (κ2) is 4.46. The van der Waals surface area contributed by atoms with Crippen LogP contribution in [0.2, 0.25) is 0 Å². The number of hydrogen-bond acceptors (Lipinski definition) is 3. The van der Waals surface area contributed by atoms with Crippen molar-refractivity contribution in [1.82, 2.24) is 4.72 Å². The number of rotatable bonds is 3. The number of amides is 1. The van der Waals surface area contributed by atoms with E-state index >= 15 is 0 Å². The molecule has 0 radical (unpaired) electrons. The van der Waals surface area contributed by atoms with Gasteiger partial charge in [0.05, 0.1) is 4.90 Å². The van der Waals surface area contributed by atoms with Crippen LogP contribution in [0, 0.1) is 0 Å². The number of benzene rings is 1. The van der Waals surface area contributed by atoms with Crippen LogP contribution in [0.25, 0.3) is 0 Å². The SMILES string of the molecule is CCNS(=O)(=O)c1ccc2c(c1)CCC(=O)N2. The van der Waals surface area contributed by atoms with E-state index < -0.39 is 10.0 Å². The number of carbonyl (C=O) groups is 1. The Labute approximate surface area is 100 Å². The lowest BCUT2D eigenvalue weighted by atomic mass is 10.0. The van der Waals surface area contributed by atoms with Gasteiger partial charge in [-0.1, -0.05) is 6.92 Å². The number of carbonyl (C=O) groups excluding carboxylic acids is 1. The van der Waals surface area contributed by atoms with Crippen molar-refractivity contribution in [2.75, 3.05) is 11.9 Å². The molecule has 2 rings (SSSR count). The summed E-state index contributed by atoms with van der Waals surface area (Å²) in [5.41, 5.74) is 1.57. The van der Waals surface area contributed by atoms with Crippen LogP contribution in [0.4, 0.5) is 5.69 Å². The summed E-state index contributed by atoms with van der Waals surface area (Å²) in [4.78, 5) is 11.4. The fraction of sp³-hybridized carbons (Fsp3) is 0.364. The van der Waals surface area contributed by atoms with Crippen molar-refractivity contribution in [3.63, 3.8) is 0 Å². The van der Waals surface area contributed by atoms with Gasteiger partial charge in [-0.15, -0.1) is 0 Å². The Morgan fingerprint density at radius 1 is 1.35 bits per heavy atom. The Balaban J connectivity index is 2.38. The Bertz CT molecular complexity index is 552. The maximum Gasteiger partial charge on any atom is 0.240 e. The summed E-state index contributed by atoms with van der Waals surface area (Å²) in [6, 6.07) is 4.76. The number of sulfonamides is 1. The average Bonchev–Trinajstić information content (AvgIpc) is 2.28. The van der Waals surface area contributed by atoms with Crippen LogP contribution >= 0.6 is 0 Å². The molecule has 1 heterocycles. The zero-order valence-electron chi connectivity index (χ0n) is 9.49. The summed E-state index contributed by atoms with van der Waals surface area (Å²) < 4.78 is 26.0. The lowest BCUT2D eigenvalue weighted by Gasteiger charge is -2.17. The molecule has 1 aliphatic rings. The van der Waals surface area contributed by atoms with Crippen LogP contribution < -0.4 is 10.0 Å². The minimum Gasteiger partial charge on any atom is -0.326 e. The van der Waals surface area contributed by atoms with Crippen molar-refractivity contribution < 1.29 is 13.2 Å². The maximum atomic E-state index is 11.8. The molecule has 5 nitrogen and oxygen atoms in total. The van der Waals surface area contributed by atoms with E-state index in [0.29, 0.717) is 25.1 Å². The number of hydrogen-bond donors (Lipinski definition) is 2. The van der Waals surface area contributed by atoms with Gasteiger partial charge in [-0.3, -0.25) is 4.79 Å². The first kappa shape index (κ1) is 12.1. The Hall–Kier alpha value is -1.40. The molecule has 1 aromatic carbocycles. The van der Waals surface area contributed by atoms with E-state index in [1.807, 2.05) is 0 Å². The maximum absolute atomic E-state index is 11.8. The van der Waals surface area contributed by atoms with Crippen LogP contribution in [0.15, 0.2) is 23.1 Å². The highest BCUT2D eigenvalue weighted by Gasteiger charge is 2.19. The number of fused-ring (bicyclic) bond motifs is 1. The molecular weight excluding hydrogens is 240 g/mol. The van der Waals surface area contributed by atoms with Gasteiger partial charge < -0.3 is 5.32 Å². The molecule has 6 heteroatoms. The van der Waals surface area contributed by atoms with E-state index in [1.54, 1.807) is 19.1 Å². The van der Waals surface area contributed by atoms with Crippen LogP contribution in [0.3, 0.4) is 0 Å². The highest BCUT2D eigenvalue weighted by molar-refractivity contribution is 7.89. The second-order valence-electron chi connectivity index (χ2n) is 3.87. The number of aryl methyl sites for hydroxylation is 1. The summed E-state index contributed by atoms with van der Waals surface area (Å²) in [6.07, 6.45) is 0.981. The van der Waals surface area contributed by atoms with E-state index in [-0.39, 0.29) is 10.8 Å². The minimum atomic E-state index is -3.42. The molecule has 0 bridgehead atoms. The smallest absolute Gasteiger partial charge is 0.240 e. The Kier molecular flexibility index (Phi) is 3.17. The molecule has 0 aromatic heterocycles. The van der Waals surface area contributed by atoms with Gasteiger partial charge in [0.25, 0.3) is 0 Å². The van der Waals surface area contributed by atoms with Gasteiger partial charge >= 0.3 is 0 Å². The van der Waals surface area contributed by atoms with Crippen molar-refractivity contribution in [3.8, 4) is 0 Å². The Morgan fingerprint density at radius 3 is 2.82 bits per heavy atom. The van der Waals surface area contributed by atoms with Crippen LogP contribution in [-0.4, -0.2) is 20.9 Å². The largest absolute Gasteiger partial charge is 0.326 e. The molecular formula is C11H14N2O3S. The third-order valence-electron chi connectivity index (χ3n) is 2.62. The molecule has 17 heavy (non-hydrogen) atoms. The predicted molar refractivity (Wildman–Crippen MR) is 64.3 cm³/mol. The summed E-state index contributed by atoms with van der Waals surface area (Å²) in [7, 11) is -3.42. The molecule has 0 saturated heterocycles. The fourth-order valence-corrected chi connectivity index (χ4v) is 2.89. The van der Waals surface area contributed by atoms with E-state index in [0.717, 1.165) is 5.56 Å². The summed E-state index contributed by atoms with van der Waals surface area (Å²) in [5.74, 6) is -0.0280. The van der Waals surface area contributed by atoms with E-state index in [9.17, 15) is 13.2 Å². The molecule has 1 aliphatic heterocycles. The van der Waals surface area contributed by atoms with Crippen molar-refractivity contribution in [1.29, 1.82) is 0 Å². The van der Waals surface area contributed by atoms with E-state index in [2.05, 4.69) is 10.0 Å². The minimum absolute atomic E-state index is 0.0280. The zero-order chi connectivity index (χ0) is 12.5. The van der Waals surface area contributed by atoms with Gasteiger partial charge in [0.15, 0.2) is 0 Å². The van der Waals surface area contributed by atoms with Crippen molar-refractivity contribution >= 4 is 21.6 Å². The van der Waals surface area contributed by atoms with Gasteiger partial charge in [-0.25, -0.2) is 13.1 Å². The first-order valence-electron chi connectivity index (χ1n) is 5.45. The number of nitrogens with one attached hydrogen (secondary N) is 2. The molecule has 1 amide bonds. The summed E-state index contributed by atoms with van der Waals surface area (Å²) >= 11 is 0. The molecule has 0 aliphatic carbocycles. The fourth-order valence-electron chi connectivity index (χ4n) is 1.80. The van der Waals surface area contributed by atoms with Crippen LogP contribution in [0.1, 0.15) is 18.9 Å². The summed E-state index contributed by atoms with van der Waals surface area (Å²) in [5, 5.41) is 2.72. The molecule has 0 atom stereocenters. The molecule has 0 spiro atoms. The van der Waals surface area contributed by atoms with Gasteiger partial charge in [0.1, 0.15) is 0 Å². The molecule has 0 saturated carbocycles. The van der Waals surface area contributed by atoms with E-state index in [1.165, 1.54) is 6.07 Å². The standard InChI is InChI=1S/C11H14N2O3S/c1-2-12-17(15,16)9-4-5-10-8(7-9)3-6-11(14)13-10/h4-5,7,12H,2-3,6H2,1H3,(H,13,14). The van der Waals surface area contributed by atoms with Crippen molar-refractivity contribution in [2.24, 2.45) is 0 Å². The first-order chi connectivity index (χ1) is 8.03. The van der Waals surface area contributed by atoms with Crippen LogP contribution in [-0.2, 0) is 21.2 Å². The highest BCUT2D eigenvalue weighted by atomic mass is 32.2. The quantitative estimate of drug-likeness (QED) is 0.840. The highest BCUT2D eigenvalue weighted by Crippen LogP contribution is 2.25. The molecule has 0 unspecified atom stereocenters. The Morgan fingerprint density at radius 2 is 2.12 bits per heavy atom. The van der Waals surface area contributed by atoms with Crippen LogP contribution in [0.5, 0.6) is 0 Å². The summed E-state index contributed by atoms with van der Waals surface area (Å²) in [6.45, 7) is 2.09. The lowest BCUT2D eigenvalue weighted by Crippen LogP contribution is -2.24. The average molecular weight is 254 g/mol. The monoisotopic (exact) mass is 254 g/mol. The predicted octanol–water partition coefficient (Wildman–Crippen LogP) is 0.869. The lowest BCUT2D eigenvalue weighted by molar-refractivity contribution is -0.116. The second-order valence-corrected chi connectivity index (χ2v) is 5.64. The van der Waals surface area contributed by atoms with Gasteiger partial charge in [-0.05, 0) is 30.2 Å². The topological polar surface area (TPSA) is 75.3 Å². The molecule has 0 fully saturated rings. The van der Waals surface area contributed by atoms with Crippen molar-refractivity contribution in [3.05, 3.63) is 23.8 Å². The third kappa shape index (κ3) is 2.48. The van der Waals surface area contributed by atoms with Crippen molar-refractivity contribution in [2.45, 2.75) is 24.7 Å². The van der Waals surface area contributed by atoms with E-state index in [4.69, 9.17) is 0 Å². The molecule has 1 aromatic rings. The number of anilines is 1. The first-order valence-corrected chi connectivity index (χ1v) is 6.93. The third-order valence-corrected chi connectivity index (χ3v) is 4.16. The molecule has 2 N–H and O–H groups in total. The van der Waals surface area contributed by atoms with Gasteiger partial charge in [-0.2, -0.15) is 0 Å².